The largest absolute Gasteiger partial charge is 0.399 e. The third-order valence-corrected chi connectivity index (χ3v) is 3.80. The Hall–Kier alpha value is -1.74. The van der Waals surface area contributed by atoms with E-state index in [1.807, 2.05) is 6.08 Å². The molecule has 2 aliphatic heterocycles. The van der Waals surface area contributed by atoms with Crippen LogP contribution in [0.3, 0.4) is 0 Å². The van der Waals surface area contributed by atoms with Crippen LogP contribution in [-0.4, -0.2) is 29.6 Å². The third-order valence-electron chi connectivity index (χ3n) is 3.80. The fourth-order valence-corrected chi connectivity index (χ4v) is 2.74. The van der Waals surface area contributed by atoms with E-state index in [2.05, 4.69) is 53.4 Å². The molecule has 0 radical (unpaired) electrons. The van der Waals surface area contributed by atoms with Gasteiger partial charge in [-0.05, 0) is 29.7 Å². The Morgan fingerprint density at radius 3 is 2.83 bits per heavy atom. The molecule has 1 unspecified atom stereocenters. The molecule has 1 aromatic rings. The van der Waals surface area contributed by atoms with Crippen LogP contribution in [0.5, 0.6) is 0 Å². The number of nitrogens with two attached hydrogens (primary N) is 1. The zero-order valence-corrected chi connectivity index (χ0v) is 10.7. The molecule has 3 nitrogen and oxygen atoms in total. The van der Waals surface area contributed by atoms with E-state index in [9.17, 15) is 0 Å². The highest BCUT2D eigenvalue weighted by Gasteiger charge is 2.25. The van der Waals surface area contributed by atoms with Gasteiger partial charge in [0, 0.05) is 32.0 Å². The van der Waals surface area contributed by atoms with Gasteiger partial charge in [-0.1, -0.05) is 24.3 Å². The van der Waals surface area contributed by atoms with Gasteiger partial charge in [0.25, 0.3) is 0 Å². The van der Waals surface area contributed by atoms with Crippen LogP contribution < -0.4 is 5.73 Å². The van der Waals surface area contributed by atoms with Gasteiger partial charge < -0.3 is 10.6 Å². The summed E-state index contributed by atoms with van der Waals surface area (Å²) in [5, 5.41) is 0. The quantitative estimate of drug-likeness (QED) is 0.812. The molecule has 2 aliphatic rings. The van der Waals surface area contributed by atoms with Crippen LogP contribution in [0.2, 0.25) is 0 Å². The van der Waals surface area contributed by atoms with Gasteiger partial charge in [0.1, 0.15) is 6.17 Å². The SMILES string of the molecule is CN1C=CC(N)=CC1N1CCc2ccccc2C1. The molecule has 0 amide bonds. The van der Waals surface area contributed by atoms with Gasteiger partial charge in [-0.15, -0.1) is 0 Å². The molecular formula is C15H19N3. The van der Waals surface area contributed by atoms with Crippen molar-refractivity contribution < 1.29 is 0 Å². The molecule has 0 saturated heterocycles. The van der Waals surface area contributed by atoms with Gasteiger partial charge in [0.2, 0.25) is 0 Å². The first kappa shape index (κ1) is 11.4. The maximum absolute atomic E-state index is 5.91. The van der Waals surface area contributed by atoms with Crippen LogP contribution in [0.25, 0.3) is 0 Å². The van der Waals surface area contributed by atoms with E-state index in [-0.39, 0.29) is 6.17 Å². The van der Waals surface area contributed by atoms with Crippen LogP contribution in [0, 0.1) is 0 Å². The van der Waals surface area contributed by atoms with Gasteiger partial charge in [0.15, 0.2) is 0 Å². The Bertz CT molecular complexity index is 504. The summed E-state index contributed by atoms with van der Waals surface area (Å²) in [5.41, 5.74) is 9.70. The average Bonchev–Trinajstić information content (AvgIpc) is 2.41. The van der Waals surface area contributed by atoms with Crippen LogP contribution in [0.1, 0.15) is 11.1 Å². The smallest absolute Gasteiger partial charge is 0.103 e. The van der Waals surface area contributed by atoms with Crippen molar-refractivity contribution in [1.29, 1.82) is 0 Å². The van der Waals surface area contributed by atoms with Crippen LogP contribution >= 0.6 is 0 Å². The lowest BCUT2D eigenvalue weighted by atomic mass is 9.99. The summed E-state index contributed by atoms with van der Waals surface area (Å²) < 4.78 is 0. The second-order valence-electron chi connectivity index (χ2n) is 5.05. The van der Waals surface area contributed by atoms with Crippen LogP contribution in [0.15, 0.2) is 48.3 Å². The van der Waals surface area contributed by atoms with E-state index >= 15 is 0 Å². The Labute approximate surface area is 108 Å². The minimum absolute atomic E-state index is 0.281. The van der Waals surface area contributed by atoms with Crippen molar-refractivity contribution in [2.24, 2.45) is 5.73 Å². The van der Waals surface area contributed by atoms with Gasteiger partial charge in [-0.3, -0.25) is 4.90 Å². The predicted octanol–water partition coefficient (Wildman–Crippen LogP) is 1.67. The zero-order chi connectivity index (χ0) is 12.5. The predicted molar refractivity (Wildman–Crippen MR) is 73.5 cm³/mol. The molecule has 0 spiro atoms. The fraction of sp³-hybridized carbons (Fsp3) is 0.333. The fourth-order valence-electron chi connectivity index (χ4n) is 2.74. The van der Waals surface area contributed by atoms with Crippen molar-refractivity contribution in [2.75, 3.05) is 13.6 Å². The number of benzene rings is 1. The molecule has 1 aromatic carbocycles. The summed E-state index contributed by atoms with van der Waals surface area (Å²) in [4.78, 5) is 4.68. The monoisotopic (exact) mass is 241 g/mol. The van der Waals surface area contributed by atoms with Gasteiger partial charge in [-0.25, -0.2) is 0 Å². The Morgan fingerprint density at radius 2 is 2.00 bits per heavy atom. The summed E-state index contributed by atoms with van der Waals surface area (Å²) in [7, 11) is 2.10. The molecule has 3 rings (SSSR count). The van der Waals surface area contributed by atoms with E-state index < -0.39 is 0 Å². The van der Waals surface area contributed by atoms with E-state index in [1.165, 1.54) is 11.1 Å². The average molecular weight is 241 g/mol. The topological polar surface area (TPSA) is 32.5 Å². The first-order valence-corrected chi connectivity index (χ1v) is 6.42. The third kappa shape index (κ3) is 2.02. The van der Waals surface area contributed by atoms with E-state index in [0.29, 0.717) is 0 Å². The van der Waals surface area contributed by atoms with Gasteiger partial charge in [0.05, 0.1) is 0 Å². The Balaban J connectivity index is 1.82. The molecule has 2 heterocycles. The van der Waals surface area contributed by atoms with Crippen molar-refractivity contribution in [3.8, 4) is 0 Å². The van der Waals surface area contributed by atoms with E-state index in [1.54, 1.807) is 0 Å². The van der Waals surface area contributed by atoms with Gasteiger partial charge in [-0.2, -0.15) is 0 Å². The Kier molecular flexibility index (Phi) is 2.84. The highest BCUT2D eigenvalue weighted by molar-refractivity contribution is 5.30. The van der Waals surface area contributed by atoms with Crippen molar-refractivity contribution >= 4 is 0 Å². The normalized spacial score (nSPS) is 23.7. The van der Waals surface area contributed by atoms with Crippen molar-refractivity contribution in [1.82, 2.24) is 9.80 Å². The summed E-state index contributed by atoms with van der Waals surface area (Å²) >= 11 is 0. The molecular weight excluding hydrogens is 222 g/mol. The zero-order valence-electron chi connectivity index (χ0n) is 10.7. The molecule has 2 N–H and O–H groups in total. The van der Waals surface area contributed by atoms with Crippen molar-refractivity contribution in [2.45, 2.75) is 19.1 Å². The molecule has 0 bridgehead atoms. The molecule has 0 aliphatic carbocycles. The summed E-state index contributed by atoms with van der Waals surface area (Å²) in [5.74, 6) is 0. The van der Waals surface area contributed by atoms with Crippen LogP contribution in [-0.2, 0) is 13.0 Å². The molecule has 0 fully saturated rings. The summed E-state index contributed by atoms with van der Waals surface area (Å²) in [6.07, 6.45) is 7.55. The van der Waals surface area contributed by atoms with Crippen molar-refractivity contribution in [3.63, 3.8) is 0 Å². The second-order valence-corrected chi connectivity index (χ2v) is 5.05. The second kappa shape index (κ2) is 4.50. The lowest BCUT2D eigenvalue weighted by Gasteiger charge is -2.39. The lowest BCUT2D eigenvalue weighted by molar-refractivity contribution is 0.114. The first-order valence-electron chi connectivity index (χ1n) is 6.42. The minimum atomic E-state index is 0.281. The number of allylic oxidation sites excluding steroid dienone is 1. The van der Waals surface area contributed by atoms with Crippen molar-refractivity contribution in [3.05, 3.63) is 59.4 Å². The Morgan fingerprint density at radius 1 is 1.22 bits per heavy atom. The molecule has 94 valence electrons. The summed E-state index contributed by atoms with van der Waals surface area (Å²) in [6, 6.07) is 8.72. The minimum Gasteiger partial charge on any atom is -0.399 e. The first-order chi connectivity index (χ1) is 8.74. The molecule has 0 saturated carbocycles. The lowest BCUT2D eigenvalue weighted by Crippen LogP contribution is -2.46. The number of likely N-dealkylation sites (N-methyl/N-ethyl adjacent to an activating group) is 1. The highest BCUT2D eigenvalue weighted by Crippen LogP contribution is 2.23. The number of hydrogen-bond acceptors (Lipinski definition) is 3. The molecule has 1 atom stereocenters. The highest BCUT2D eigenvalue weighted by atomic mass is 15.3. The maximum Gasteiger partial charge on any atom is 0.103 e. The number of rotatable bonds is 1. The number of nitrogens with zero attached hydrogens (tertiary/aromatic N) is 2. The summed E-state index contributed by atoms with van der Waals surface area (Å²) in [6.45, 7) is 2.09. The standard InChI is InChI=1S/C15H19N3/c1-17-8-7-14(16)10-15(17)18-9-6-12-4-2-3-5-13(12)11-18/h2-5,7-8,10,15H,6,9,11,16H2,1H3. The van der Waals surface area contributed by atoms with E-state index in [0.717, 1.165) is 25.2 Å². The molecule has 18 heavy (non-hydrogen) atoms. The van der Waals surface area contributed by atoms with Crippen LogP contribution in [0.4, 0.5) is 0 Å². The van der Waals surface area contributed by atoms with Gasteiger partial charge >= 0.3 is 0 Å². The number of hydrogen-bond donors (Lipinski definition) is 1. The maximum atomic E-state index is 5.91. The number of fused-ring (bicyclic) bond motifs is 1. The van der Waals surface area contributed by atoms with E-state index in [4.69, 9.17) is 5.73 Å². The molecule has 3 heteroatoms. The molecule has 0 aromatic heterocycles.